The van der Waals surface area contributed by atoms with Crippen molar-refractivity contribution in [3.8, 4) is 0 Å². The molecule has 4 heteroatoms. The van der Waals surface area contributed by atoms with E-state index in [0.29, 0.717) is 24.2 Å². The fourth-order valence-electron chi connectivity index (χ4n) is 3.60. The molecule has 2 nitrogen and oxygen atoms in total. The lowest BCUT2D eigenvalue weighted by Gasteiger charge is -2.41. The van der Waals surface area contributed by atoms with Crippen molar-refractivity contribution in [2.75, 3.05) is 0 Å². The summed E-state index contributed by atoms with van der Waals surface area (Å²) in [5, 5.41) is 2.20. The molecule has 2 bridgehead atoms. The van der Waals surface area contributed by atoms with Gasteiger partial charge >= 0.3 is 0 Å². The highest BCUT2D eigenvalue weighted by atomic mass is 35.5. The van der Waals surface area contributed by atoms with Gasteiger partial charge in [0, 0.05) is 24.2 Å². The third-order valence-electron chi connectivity index (χ3n) is 4.34. The van der Waals surface area contributed by atoms with Gasteiger partial charge in [0.05, 0.1) is 4.34 Å². The fourth-order valence-corrected chi connectivity index (χ4v) is 4.58. The first kappa shape index (κ1) is 12.0. The molecule has 2 fully saturated rings. The molecule has 0 aliphatic carbocycles. The second-order valence-corrected chi connectivity index (χ2v) is 6.97. The lowest BCUT2D eigenvalue weighted by molar-refractivity contribution is 0.0856. The van der Waals surface area contributed by atoms with Crippen LogP contribution in [0, 0.1) is 0 Å². The van der Waals surface area contributed by atoms with E-state index in [-0.39, 0.29) is 0 Å². The highest BCUT2D eigenvalue weighted by Gasteiger charge is 2.42. The Labute approximate surface area is 112 Å². The Morgan fingerprint density at radius 1 is 1.41 bits per heavy atom. The van der Waals surface area contributed by atoms with Gasteiger partial charge in [0.1, 0.15) is 0 Å². The molecule has 3 rings (SSSR count). The standard InChI is InChI=1S/C13H19ClN2S/c1-8(9-4-13(14)17-7-9)16-11-2-3-12(16)6-10(15)5-11/h4,7-8,10-12H,2-3,5-6,15H2,1H3. The minimum Gasteiger partial charge on any atom is -0.328 e. The van der Waals surface area contributed by atoms with Crippen LogP contribution in [0.5, 0.6) is 0 Å². The van der Waals surface area contributed by atoms with E-state index in [4.69, 9.17) is 17.3 Å². The third-order valence-corrected chi connectivity index (χ3v) is 5.45. The summed E-state index contributed by atoms with van der Waals surface area (Å²) in [5.74, 6) is 0. The average molecular weight is 271 g/mol. The minimum atomic E-state index is 0.419. The maximum Gasteiger partial charge on any atom is 0.0931 e. The molecule has 3 unspecified atom stereocenters. The normalized spacial score (nSPS) is 35.1. The number of hydrogen-bond donors (Lipinski definition) is 1. The van der Waals surface area contributed by atoms with Gasteiger partial charge in [0.15, 0.2) is 0 Å². The van der Waals surface area contributed by atoms with Gasteiger partial charge in [0.2, 0.25) is 0 Å². The van der Waals surface area contributed by atoms with Gasteiger partial charge in [-0.2, -0.15) is 0 Å². The first-order chi connectivity index (χ1) is 8.15. The van der Waals surface area contributed by atoms with E-state index in [1.165, 1.54) is 31.2 Å². The third kappa shape index (κ3) is 2.14. The summed E-state index contributed by atoms with van der Waals surface area (Å²) in [4.78, 5) is 2.68. The van der Waals surface area contributed by atoms with Crippen LogP contribution in [0.25, 0.3) is 0 Å². The van der Waals surface area contributed by atoms with E-state index in [0.717, 1.165) is 4.34 Å². The summed E-state index contributed by atoms with van der Waals surface area (Å²) < 4.78 is 0.896. The number of rotatable bonds is 2. The molecule has 0 spiro atoms. The van der Waals surface area contributed by atoms with Crippen LogP contribution in [0.2, 0.25) is 4.34 Å². The molecule has 3 heterocycles. The Morgan fingerprint density at radius 3 is 2.59 bits per heavy atom. The van der Waals surface area contributed by atoms with E-state index >= 15 is 0 Å². The van der Waals surface area contributed by atoms with Gasteiger partial charge in [-0.25, -0.2) is 0 Å². The zero-order valence-electron chi connectivity index (χ0n) is 10.1. The van der Waals surface area contributed by atoms with Crippen LogP contribution < -0.4 is 5.73 Å². The van der Waals surface area contributed by atoms with Crippen LogP contribution in [0.4, 0.5) is 0 Å². The molecule has 1 aromatic heterocycles. The van der Waals surface area contributed by atoms with Crippen molar-refractivity contribution in [2.45, 2.75) is 56.8 Å². The lowest BCUT2D eigenvalue weighted by Crippen LogP contribution is -2.48. The number of nitrogens with two attached hydrogens (primary N) is 1. The van der Waals surface area contributed by atoms with Gasteiger partial charge in [-0.15, -0.1) is 11.3 Å². The predicted molar refractivity (Wildman–Crippen MR) is 73.6 cm³/mol. The molecule has 1 aromatic rings. The average Bonchev–Trinajstić information content (AvgIpc) is 2.81. The van der Waals surface area contributed by atoms with Crippen molar-refractivity contribution in [2.24, 2.45) is 5.73 Å². The number of fused-ring (bicyclic) bond motifs is 2. The number of nitrogens with zero attached hydrogens (tertiary/aromatic N) is 1. The molecule has 94 valence electrons. The van der Waals surface area contributed by atoms with Crippen molar-refractivity contribution >= 4 is 22.9 Å². The van der Waals surface area contributed by atoms with Crippen LogP contribution in [0.1, 0.15) is 44.2 Å². The van der Waals surface area contributed by atoms with Crippen LogP contribution in [-0.4, -0.2) is 23.0 Å². The van der Waals surface area contributed by atoms with Crippen molar-refractivity contribution in [3.63, 3.8) is 0 Å². The molecule has 0 radical (unpaired) electrons. The number of hydrogen-bond acceptors (Lipinski definition) is 3. The molecule has 2 aliphatic heterocycles. The molecule has 0 aromatic carbocycles. The molecule has 0 amide bonds. The fraction of sp³-hybridized carbons (Fsp3) is 0.692. The van der Waals surface area contributed by atoms with Gasteiger partial charge in [-0.1, -0.05) is 11.6 Å². The molecule has 17 heavy (non-hydrogen) atoms. The molecular weight excluding hydrogens is 252 g/mol. The van der Waals surface area contributed by atoms with Crippen LogP contribution >= 0.6 is 22.9 Å². The summed E-state index contributed by atoms with van der Waals surface area (Å²) in [6.07, 6.45) is 4.97. The zero-order valence-corrected chi connectivity index (χ0v) is 11.7. The van der Waals surface area contributed by atoms with Gasteiger partial charge in [-0.05, 0) is 49.6 Å². The van der Waals surface area contributed by atoms with Crippen LogP contribution in [-0.2, 0) is 0 Å². The van der Waals surface area contributed by atoms with E-state index in [9.17, 15) is 0 Å². The summed E-state index contributed by atoms with van der Waals surface area (Å²) >= 11 is 7.67. The van der Waals surface area contributed by atoms with E-state index < -0.39 is 0 Å². The second kappa shape index (κ2) is 4.54. The maximum atomic E-state index is 6.12. The Kier molecular flexibility index (Phi) is 3.20. The minimum absolute atomic E-state index is 0.419. The number of thiophene rings is 1. The van der Waals surface area contributed by atoms with Crippen molar-refractivity contribution in [1.29, 1.82) is 0 Å². The second-order valence-electron chi connectivity index (χ2n) is 5.42. The highest BCUT2D eigenvalue weighted by molar-refractivity contribution is 7.14. The predicted octanol–water partition coefficient (Wildman–Crippen LogP) is 3.42. The van der Waals surface area contributed by atoms with Gasteiger partial charge in [-0.3, -0.25) is 4.90 Å². The molecule has 2 saturated heterocycles. The van der Waals surface area contributed by atoms with E-state index in [2.05, 4.69) is 23.3 Å². The largest absolute Gasteiger partial charge is 0.328 e. The Balaban J connectivity index is 1.81. The monoisotopic (exact) mass is 270 g/mol. The van der Waals surface area contributed by atoms with Crippen molar-refractivity contribution in [1.82, 2.24) is 4.90 Å². The Hall–Kier alpha value is -0.0900. The SMILES string of the molecule is CC(c1csc(Cl)c1)N1C2CCC1CC(N)C2. The molecule has 2 aliphatic rings. The van der Waals surface area contributed by atoms with Crippen LogP contribution in [0.15, 0.2) is 11.4 Å². The lowest BCUT2D eigenvalue weighted by atomic mass is 9.95. The first-order valence-electron chi connectivity index (χ1n) is 6.42. The summed E-state index contributed by atoms with van der Waals surface area (Å²) in [6, 6.07) is 4.41. The Morgan fingerprint density at radius 2 is 2.06 bits per heavy atom. The number of piperidine rings is 1. The molecule has 3 atom stereocenters. The van der Waals surface area contributed by atoms with E-state index in [1.807, 2.05) is 0 Å². The van der Waals surface area contributed by atoms with Crippen molar-refractivity contribution in [3.05, 3.63) is 21.3 Å². The van der Waals surface area contributed by atoms with Gasteiger partial charge < -0.3 is 5.73 Å². The summed E-state index contributed by atoms with van der Waals surface area (Å²) in [7, 11) is 0. The highest BCUT2D eigenvalue weighted by Crippen LogP contribution is 2.41. The molecule has 0 saturated carbocycles. The summed E-state index contributed by atoms with van der Waals surface area (Å²) in [6.45, 7) is 2.31. The molecular formula is C13H19ClN2S. The van der Waals surface area contributed by atoms with Crippen LogP contribution in [0.3, 0.4) is 0 Å². The van der Waals surface area contributed by atoms with Crippen molar-refractivity contribution < 1.29 is 0 Å². The summed E-state index contributed by atoms with van der Waals surface area (Å²) in [5.41, 5.74) is 7.48. The maximum absolute atomic E-state index is 6.12. The Bertz CT molecular complexity index is 392. The van der Waals surface area contributed by atoms with E-state index in [1.54, 1.807) is 11.3 Å². The smallest absolute Gasteiger partial charge is 0.0931 e. The van der Waals surface area contributed by atoms with Gasteiger partial charge in [0.25, 0.3) is 0 Å². The molecule has 2 N–H and O–H groups in total. The quantitative estimate of drug-likeness (QED) is 0.892. The number of halogens is 1. The zero-order chi connectivity index (χ0) is 12.0. The topological polar surface area (TPSA) is 29.3 Å². The first-order valence-corrected chi connectivity index (χ1v) is 7.68.